The molecule has 0 radical (unpaired) electrons. The molecule has 2 aromatic rings. The first-order valence-electron chi connectivity index (χ1n) is 14.5. The van der Waals surface area contributed by atoms with Crippen LogP contribution in [0.25, 0.3) is 0 Å². The van der Waals surface area contributed by atoms with Gasteiger partial charge in [-0.1, -0.05) is 30.3 Å². The fraction of sp³-hybridized carbons (Fsp3) is 0.516. The molecular weight excluding hydrogens is 565 g/mol. The molecule has 3 amide bonds. The monoisotopic (exact) mass is 602 g/mol. The number of halogens is 3. The molecule has 3 aliphatic heterocycles. The van der Waals surface area contributed by atoms with Crippen LogP contribution in [0.15, 0.2) is 48.5 Å². The van der Waals surface area contributed by atoms with Gasteiger partial charge in [0.15, 0.2) is 0 Å². The number of carbonyl (C=O) groups is 3. The van der Waals surface area contributed by atoms with Gasteiger partial charge in [-0.15, -0.1) is 0 Å². The largest absolute Gasteiger partial charge is 0.445 e. The Hall–Kier alpha value is -3.96. The van der Waals surface area contributed by atoms with Crippen LogP contribution in [0.2, 0.25) is 0 Å². The van der Waals surface area contributed by atoms with Gasteiger partial charge in [0.25, 0.3) is 5.91 Å². The summed E-state index contributed by atoms with van der Waals surface area (Å²) in [6, 6.07) is 12.7. The van der Waals surface area contributed by atoms with Crippen LogP contribution in [0, 0.1) is 0 Å². The van der Waals surface area contributed by atoms with E-state index in [0.29, 0.717) is 18.8 Å². The predicted octanol–water partition coefficient (Wildman–Crippen LogP) is 5.39. The summed E-state index contributed by atoms with van der Waals surface area (Å²) in [5.41, 5.74) is -0.686. The van der Waals surface area contributed by atoms with Gasteiger partial charge in [-0.2, -0.15) is 13.2 Å². The third-order valence-electron chi connectivity index (χ3n) is 8.00. The van der Waals surface area contributed by atoms with E-state index in [0.717, 1.165) is 24.5 Å². The molecule has 43 heavy (non-hydrogen) atoms. The standard InChI is InChI=1S/C31H37F3N4O5/c1-30(2,3)43-29(41)37-18-23-9-10-24(19-37)38(23)22-11-12-26(31(32,33)34)25(17-22)27(39)35-13-15-36(16-14-35)28(40)42-20-21-7-5-4-6-8-21/h4-8,11-12,17,23-24H,9-10,13-16,18-20H2,1-3H3. The van der Waals surface area contributed by atoms with E-state index in [9.17, 15) is 27.6 Å². The second-order valence-electron chi connectivity index (χ2n) is 12.2. The number of anilines is 1. The molecule has 2 bridgehead atoms. The fourth-order valence-electron chi connectivity index (χ4n) is 5.99. The van der Waals surface area contributed by atoms with Crippen molar-refractivity contribution < 1.29 is 37.0 Å². The number of hydrogen-bond donors (Lipinski definition) is 0. The predicted molar refractivity (Wildman–Crippen MR) is 153 cm³/mol. The van der Waals surface area contributed by atoms with Crippen molar-refractivity contribution in [3.05, 3.63) is 65.2 Å². The molecule has 2 atom stereocenters. The highest BCUT2D eigenvalue weighted by Gasteiger charge is 2.44. The lowest BCUT2D eigenvalue weighted by atomic mass is 10.0. The van der Waals surface area contributed by atoms with Crippen molar-refractivity contribution in [2.45, 2.75) is 64.1 Å². The molecular formula is C31H37F3N4O5. The van der Waals surface area contributed by atoms with Crippen LogP contribution < -0.4 is 4.90 Å². The fourth-order valence-corrected chi connectivity index (χ4v) is 5.99. The normalized spacial score (nSPS) is 20.7. The van der Waals surface area contributed by atoms with Crippen LogP contribution in [0.5, 0.6) is 0 Å². The number of ether oxygens (including phenoxy) is 2. The van der Waals surface area contributed by atoms with E-state index in [2.05, 4.69) is 0 Å². The van der Waals surface area contributed by atoms with E-state index in [1.807, 2.05) is 35.2 Å². The maximum absolute atomic E-state index is 14.1. The molecule has 3 aliphatic rings. The number of rotatable bonds is 4. The highest BCUT2D eigenvalue weighted by Crippen LogP contribution is 2.39. The van der Waals surface area contributed by atoms with Crippen LogP contribution in [0.1, 0.15) is 55.1 Å². The minimum absolute atomic E-state index is 0.0839. The number of fused-ring (bicyclic) bond motifs is 2. The van der Waals surface area contributed by atoms with Crippen LogP contribution in [-0.4, -0.2) is 89.7 Å². The van der Waals surface area contributed by atoms with Gasteiger partial charge >= 0.3 is 18.4 Å². The summed E-state index contributed by atoms with van der Waals surface area (Å²) < 4.78 is 53.1. The zero-order valence-electron chi connectivity index (χ0n) is 24.6. The number of alkyl halides is 3. The van der Waals surface area contributed by atoms with Crippen molar-refractivity contribution in [1.29, 1.82) is 0 Å². The lowest BCUT2D eigenvalue weighted by Crippen LogP contribution is -2.56. The Kier molecular flexibility index (Phi) is 8.49. The van der Waals surface area contributed by atoms with Gasteiger partial charge in [-0.25, -0.2) is 9.59 Å². The number of hydrogen-bond acceptors (Lipinski definition) is 6. The zero-order chi connectivity index (χ0) is 30.9. The summed E-state index contributed by atoms with van der Waals surface area (Å²) in [6.07, 6.45) is -4.11. The Bertz CT molecular complexity index is 1330. The molecule has 2 aromatic carbocycles. The Labute approximate surface area is 249 Å². The molecule has 232 valence electrons. The second kappa shape index (κ2) is 12.0. The van der Waals surface area contributed by atoms with Gasteiger partial charge in [-0.05, 0) is 57.4 Å². The molecule has 12 heteroatoms. The molecule has 0 saturated carbocycles. The maximum Gasteiger partial charge on any atom is 0.417 e. The van der Waals surface area contributed by atoms with Gasteiger partial charge in [0.2, 0.25) is 0 Å². The minimum Gasteiger partial charge on any atom is -0.445 e. The molecule has 3 fully saturated rings. The summed E-state index contributed by atoms with van der Waals surface area (Å²) in [5.74, 6) is -0.730. The topological polar surface area (TPSA) is 82.6 Å². The van der Waals surface area contributed by atoms with Gasteiger partial charge in [-0.3, -0.25) is 4.79 Å². The first-order chi connectivity index (χ1) is 20.3. The molecule has 0 aliphatic carbocycles. The third-order valence-corrected chi connectivity index (χ3v) is 8.00. The first kappa shape index (κ1) is 30.5. The number of benzene rings is 2. The zero-order valence-corrected chi connectivity index (χ0v) is 24.6. The van der Waals surface area contributed by atoms with Crippen LogP contribution in [0.4, 0.5) is 28.4 Å². The highest BCUT2D eigenvalue weighted by atomic mass is 19.4. The average Bonchev–Trinajstić information content (AvgIpc) is 3.23. The summed E-state index contributed by atoms with van der Waals surface area (Å²) in [4.78, 5) is 45.3. The Balaban J connectivity index is 1.27. The van der Waals surface area contributed by atoms with E-state index < -0.39 is 41.0 Å². The molecule has 3 saturated heterocycles. The molecule has 2 unspecified atom stereocenters. The average molecular weight is 603 g/mol. The third kappa shape index (κ3) is 7.00. The molecule has 0 N–H and O–H groups in total. The van der Waals surface area contributed by atoms with Gasteiger partial charge in [0, 0.05) is 57.0 Å². The van der Waals surface area contributed by atoms with Crippen LogP contribution in [0.3, 0.4) is 0 Å². The number of nitrogens with zero attached hydrogens (tertiary/aromatic N) is 4. The van der Waals surface area contributed by atoms with E-state index in [4.69, 9.17) is 9.47 Å². The SMILES string of the molecule is CC(C)(C)OC(=O)N1CC2CCC(C1)N2c1ccc(C(F)(F)F)c(C(=O)N2CCN(C(=O)OCc3ccccc3)CC2)c1. The second-order valence-corrected chi connectivity index (χ2v) is 12.2. The summed E-state index contributed by atoms with van der Waals surface area (Å²) in [7, 11) is 0. The number of likely N-dealkylation sites (tertiary alicyclic amines) is 1. The first-order valence-corrected chi connectivity index (χ1v) is 14.5. The maximum atomic E-state index is 14.1. The van der Waals surface area contributed by atoms with Crippen LogP contribution >= 0.6 is 0 Å². The number of carbonyl (C=O) groups excluding carboxylic acids is 3. The van der Waals surface area contributed by atoms with E-state index >= 15 is 0 Å². The lowest BCUT2D eigenvalue weighted by molar-refractivity contribution is -0.138. The lowest BCUT2D eigenvalue weighted by Gasteiger charge is -2.43. The van der Waals surface area contributed by atoms with Crippen molar-refractivity contribution in [2.75, 3.05) is 44.2 Å². The van der Waals surface area contributed by atoms with Gasteiger partial charge in [0.05, 0.1) is 11.1 Å². The summed E-state index contributed by atoms with van der Waals surface area (Å²) >= 11 is 0. The molecule has 3 heterocycles. The van der Waals surface area contributed by atoms with E-state index in [-0.39, 0.29) is 44.9 Å². The number of amides is 3. The summed E-state index contributed by atoms with van der Waals surface area (Å²) in [5, 5.41) is 0. The minimum atomic E-state index is -4.72. The number of piperazine rings is 2. The molecule has 0 spiro atoms. The van der Waals surface area contributed by atoms with Gasteiger partial charge in [0.1, 0.15) is 12.2 Å². The van der Waals surface area contributed by atoms with Crippen molar-refractivity contribution in [3.63, 3.8) is 0 Å². The Morgan fingerprint density at radius 1 is 0.814 bits per heavy atom. The Morgan fingerprint density at radius 3 is 2.00 bits per heavy atom. The Morgan fingerprint density at radius 2 is 1.42 bits per heavy atom. The van der Waals surface area contributed by atoms with Crippen molar-refractivity contribution in [2.24, 2.45) is 0 Å². The van der Waals surface area contributed by atoms with Crippen molar-refractivity contribution in [1.82, 2.24) is 14.7 Å². The van der Waals surface area contributed by atoms with Crippen LogP contribution in [-0.2, 0) is 22.3 Å². The molecule has 0 aromatic heterocycles. The quantitative estimate of drug-likeness (QED) is 0.467. The smallest absolute Gasteiger partial charge is 0.417 e. The van der Waals surface area contributed by atoms with Gasteiger partial charge < -0.3 is 29.1 Å². The van der Waals surface area contributed by atoms with E-state index in [1.54, 1.807) is 25.7 Å². The summed E-state index contributed by atoms with van der Waals surface area (Å²) in [6.45, 7) is 6.75. The molecule has 5 rings (SSSR count). The van der Waals surface area contributed by atoms with Crippen molar-refractivity contribution in [3.8, 4) is 0 Å². The van der Waals surface area contributed by atoms with E-state index in [1.165, 1.54) is 21.9 Å². The highest BCUT2D eigenvalue weighted by molar-refractivity contribution is 5.97. The van der Waals surface area contributed by atoms with Crippen molar-refractivity contribution >= 4 is 23.8 Å². The molecule has 9 nitrogen and oxygen atoms in total.